The number of nitrogens with one attached hydrogen (secondary N) is 1. The van der Waals surface area contributed by atoms with Crippen LogP contribution in [0, 0.1) is 10.1 Å². The summed E-state index contributed by atoms with van der Waals surface area (Å²) in [6.07, 6.45) is 1.45. The average molecular weight is 316 g/mol. The number of pyridine rings is 1. The molecule has 0 aliphatic heterocycles. The Balaban J connectivity index is 2.32. The van der Waals surface area contributed by atoms with Crippen LogP contribution in [0.15, 0.2) is 36.5 Å². The number of methoxy groups -OCH3 is 1. The maximum atomic E-state index is 12.4. The van der Waals surface area contributed by atoms with Crippen LogP contribution in [-0.2, 0) is 0 Å². The van der Waals surface area contributed by atoms with Crippen molar-refractivity contribution in [1.82, 2.24) is 4.98 Å². The Bertz CT molecular complexity index is 729. The predicted molar refractivity (Wildman–Crippen MR) is 86.2 cm³/mol. The summed E-state index contributed by atoms with van der Waals surface area (Å²) in [5, 5.41) is 13.6. The first-order valence-corrected chi connectivity index (χ1v) is 6.69. The minimum absolute atomic E-state index is 0.145. The lowest BCUT2D eigenvalue weighted by molar-refractivity contribution is -0.384. The highest BCUT2D eigenvalue weighted by Crippen LogP contribution is 2.25. The molecule has 0 aliphatic carbocycles. The molecule has 0 aliphatic rings. The number of nitrogens with zero attached hydrogens (tertiary/aromatic N) is 3. The van der Waals surface area contributed by atoms with Gasteiger partial charge in [0, 0.05) is 38.0 Å². The fraction of sp³-hybridized carbons (Fsp3) is 0.200. The summed E-state index contributed by atoms with van der Waals surface area (Å²) < 4.78 is 4.95. The van der Waals surface area contributed by atoms with E-state index in [9.17, 15) is 14.9 Å². The van der Waals surface area contributed by atoms with Crippen LogP contribution in [0.1, 0.15) is 10.4 Å². The predicted octanol–water partition coefficient (Wildman–Crippen LogP) is 2.32. The van der Waals surface area contributed by atoms with Gasteiger partial charge in [0.2, 0.25) is 5.88 Å². The SMILES string of the molecule is COc1ccc(NC(=O)c2cc([N+](=O)[O-])ccc2N(C)C)cn1. The second kappa shape index (κ2) is 6.73. The Morgan fingerprint density at radius 1 is 1.30 bits per heavy atom. The number of carbonyl (C=O) groups is 1. The normalized spacial score (nSPS) is 10.0. The van der Waals surface area contributed by atoms with Crippen molar-refractivity contribution in [2.24, 2.45) is 0 Å². The molecular formula is C15H16N4O4. The van der Waals surface area contributed by atoms with Gasteiger partial charge in [-0.3, -0.25) is 14.9 Å². The first kappa shape index (κ1) is 16.2. The number of hydrogen-bond acceptors (Lipinski definition) is 6. The van der Waals surface area contributed by atoms with E-state index >= 15 is 0 Å². The zero-order chi connectivity index (χ0) is 17.0. The van der Waals surface area contributed by atoms with Crippen LogP contribution in [0.3, 0.4) is 0 Å². The molecule has 1 heterocycles. The van der Waals surface area contributed by atoms with Gasteiger partial charge < -0.3 is 15.0 Å². The van der Waals surface area contributed by atoms with Gasteiger partial charge in [-0.15, -0.1) is 0 Å². The van der Waals surface area contributed by atoms with Crippen molar-refractivity contribution in [3.63, 3.8) is 0 Å². The number of hydrogen-bond donors (Lipinski definition) is 1. The van der Waals surface area contributed by atoms with Gasteiger partial charge in [-0.25, -0.2) is 4.98 Å². The molecule has 1 amide bonds. The van der Waals surface area contributed by atoms with E-state index in [1.165, 1.54) is 25.4 Å². The summed E-state index contributed by atoms with van der Waals surface area (Å²) in [6, 6.07) is 7.40. The van der Waals surface area contributed by atoms with Crippen LogP contribution in [0.25, 0.3) is 0 Å². The molecule has 0 fully saturated rings. The van der Waals surface area contributed by atoms with Crippen LogP contribution in [0.2, 0.25) is 0 Å². The van der Waals surface area contributed by atoms with Gasteiger partial charge in [0.15, 0.2) is 0 Å². The van der Waals surface area contributed by atoms with E-state index in [2.05, 4.69) is 10.3 Å². The lowest BCUT2D eigenvalue weighted by Crippen LogP contribution is -2.19. The van der Waals surface area contributed by atoms with E-state index in [4.69, 9.17) is 4.74 Å². The molecule has 1 aromatic carbocycles. The average Bonchev–Trinajstić information content (AvgIpc) is 2.54. The van der Waals surface area contributed by atoms with Gasteiger partial charge in [0.1, 0.15) is 0 Å². The minimum Gasteiger partial charge on any atom is -0.481 e. The lowest BCUT2D eigenvalue weighted by atomic mass is 10.1. The van der Waals surface area contributed by atoms with E-state index in [1.54, 1.807) is 37.2 Å². The highest BCUT2D eigenvalue weighted by atomic mass is 16.6. The zero-order valence-corrected chi connectivity index (χ0v) is 12.9. The van der Waals surface area contributed by atoms with Crippen LogP contribution in [0.5, 0.6) is 5.88 Å². The van der Waals surface area contributed by atoms with Crippen LogP contribution in [0.4, 0.5) is 17.1 Å². The molecule has 1 N–H and O–H groups in total. The minimum atomic E-state index is -0.537. The molecule has 120 valence electrons. The number of ether oxygens (including phenoxy) is 1. The number of rotatable bonds is 5. The van der Waals surface area contributed by atoms with Crippen molar-refractivity contribution in [3.8, 4) is 5.88 Å². The summed E-state index contributed by atoms with van der Waals surface area (Å²) >= 11 is 0. The van der Waals surface area contributed by atoms with E-state index < -0.39 is 10.8 Å². The zero-order valence-electron chi connectivity index (χ0n) is 12.9. The number of anilines is 2. The number of benzene rings is 1. The number of non-ortho nitro benzene ring substituents is 1. The molecule has 0 atom stereocenters. The van der Waals surface area contributed by atoms with Crippen LogP contribution < -0.4 is 15.0 Å². The Morgan fingerprint density at radius 3 is 2.57 bits per heavy atom. The first-order chi connectivity index (χ1) is 10.9. The Hall–Kier alpha value is -3.16. The second-order valence-corrected chi connectivity index (χ2v) is 4.90. The van der Waals surface area contributed by atoms with Crippen molar-refractivity contribution >= 4 is 23.0 Å². The van der Waals surface area contributed by atoms with Gasteiger partial charge in [-0.2, -0.15) is 0 Å². The number of carbonyl (C=O) groups excluding carboxylic acids is 1. The third kappa shape index (κ3) is 3.73. The van der Waals surface area contributed by atoms with E-state index in [1.807, 2.05) is 0 Å². The third-order valence-electron chi connectivity index (χ3n) is 3.12. The van der Waals surface area contributed by atoms with Crippen molar-refractivity contribution in [1.29, 1.82) is 0 Å². The summed E-state index contributed by atoms with van der Waals surface area (Å²) in [5.41, 5.74) is 1.11. The van der Waals surface area contributed by atoms with Crippen LogP contribution in [-0.4, -0.2) is 37.0 Å². The largest absolute Gasteiger partial charge is 0.481 e. The number of nitro groups is 1. The number of aromatic nitrogens is 1. The maximum Gasteiger partial charge on any atom is 0.270 e. The molecule has 8 heteroatoms. The third-order valence-corrected chi connectivity index (χ3v) is 3.12. The molecule has 2 rings (SSSR count). The molecule has 0 bridgehead atoms. The molecule has 1 aromatic heterocycles. The van der Waals surface area contributed by atoms with Gasteiger partial charge >= 0.3 is 0 Å². The lowest BCUT2D eigenvalue weighted by Gasteiger charge is -2.17. The van der Waals surface area contributed by atoms with Gasteiger partial charge in [0.25, 0.3) is 11.6 Å². The molecule has 2 aromatic rings. The summed E-state index contributed by atoms with van der Waals surface area (Å²) in [5.74, 6) is -0.0308. The molecule has 8 nitrogen and oxygen atoms in total. The molecule has 0 spiro atoms. The summed E-state index contributed by atoms with van der Waals surface area (Å²) in [4.78, 5) is 28.5. The Morgan fingerprint density at radius 2 is 2.04 bits per heavy atom. The van der Waals surface area contributed by atoms with Crippen molar-refractivity contribution in [2.45, 2.75) is 0 Å². The summed E-state index contributed by atoms with van der Waals surface area (Å²) in [7, 11) is 5.01. The smallest absolute Gasteiger partial charge is 0.270 e. The van der Waals surface area contributed by atoms with E-state index in [-0.39, 0.29) is 11.3 Å². The molecule has 0 radical (unpaired) electrons. The van der Waals surface area contributed by atoms with Gasteiger partial charge in [-0.05, 0) is 12.1 Å². The monoisotopic (exact) mass is 316 g/mol. The Kier molecular flexibility index (Phi) is 4.75. The fourth-order valence-corrected chi connectivity index (χ4v) is 1.98. The van der Waals surface area contributed by atoms with Crippen molar-refractivity contribution in [3.05, 3.63) is 52.2 Å². The molecule has 23 heavy (non-hydrogen) atoms. The maximum absolute atomic E-state index is 12.4. The van der Waals surface area contributed by atoms with Crippen molar-refractivity contribution in [2.75, 3.05) is 31.4 Å². The topological polar surface area (TPSA) is 97.6 Å². The first-order valence-electron chi connectivity index (χ1n) is 6.69. The molecule has 0 saturated carbocycles. The fourth-order valence-electron chi connectivity index (χ4n) is 1.98. The highest BCUT2D eigenvalue weighted by Gasteiger charge is 2.18. The van der Waals surface area contributed by atoms with E-state index in [0.717, 1.165) is 0 Å². The molecule has 0 saturated heterocycles. The highest BCUT2D eigenvalue weighted by molar-refractivity contribution is 6.08. The molecule has 0 unspecified atom stereocenters. The van der Waals surface area contributed by atoms with Crippen LogP contribution >= 0.6 is 0 Å². The van der Waals surface area contributed by atoms with Gasteiger partial charge in [0.05, 0.1) is 29.5 Å². The summed E-state index contributed by atoms with van der Waals surface area (Å²) in [6.45, 7) is 0. The van der Waals surface area contributed by atoms with E-state index in [0.29, 0.717) is 17.3 Å². The quantitative estimate of drug-likeness (QED) is 0.671. The standard InChI is InChI=1S/C15H16N4O4/c1-18(2)13-6-5-11(19(21)22)8-12(13)15(20)17-10-4-7-14(23-3)16-9-10/h4-9H,1-3H3,(H,17,20). The number of nitro benzene ring substituents is 1. The number of amides is 1. The van der Waals surface area contributed by atoms with Gasteiger partial charge in [-0.1, -0.05) is 0 Å². The molecular weight excluding hydrogens is 300 g/mol. The Labute approximate surface area is 132 Å². The second-order valence-electron chi connectivity index (χ2n) is 4.90. The van der Waals surface area contributed by atoms with Crippen molar-refractivity contribution < 1.29 is 14.5 Å².